The van der Waals surface area contributed by atoms with Gasteiger partial charge in [-0.1, -0.05) is 48.0 Å². The molecule has 2 aromatic carbocycles. The molecule has 0 amide bonds. The Labute approximate surface area is 123 Å². The van der Waals surface area contributed by atoms with Gasteiger partial charge in [0.05, 0.1) is 5.69 Å². The van der Waals surface area contributed by atoms with E-state index < -0.39 is 0 Å². The molecule has 0 aliphatic carbocycles. The third-order valence-electron chi connectivity index (χ3n) is 3.28. The Bertz CT molecular complexity index is 749. The first-order chi connectivity index (χ1) is 9.65. The molecule has 3 heteroatoms. The van der Waals surface area contributed by atoms with E-state index in [1.165, 1.54) is 5.39 Å². The number of fused-ring (bicyclic) bond motifs is 1. The summed E-state index contributed by atoms with van der Waals surface area (Å²) in [6, 6.07) is 18.2. The maximum atomic E-state index is 5.95. The molecule has 3 aromatic rings. The van der Waals surface area contributed by atoms with Crippen molar-refractivity contribution in [1.82, 2.24) is 4.98 Å². The van der Waals surface area contributed by atoms with Crippen LogP contribution in [0.3, 0.4) is 0 Å². The van der Waals surface area contributed by atoms with Crippen LogP contribution in [-0.2, 0) is 0 Å². The average molecular weight is 283 g/mol. The number of hydrogen-bond acceptors (Lipinski definition) is 2. The second kappa shape index (κ2) is 5.14. The predicted molar refractivity (Wildman–Crippen MR) is 86.5 cm³/mol. The summed E-state index contributed by atoms with van der Waals surface area (Å²) in [5.74, 6) is 0.980. The summed E-state index contributed by atoms with van der Waals surface area (Å²) in [5, 5.41) is 3.09. The molecule has 0 spiro atoms. The highest BCUT2D eigenvalue weighted by Crippen LogP contribution is 2.29. The Kier molecular flexibility index (Phi) is 3.33. The first-order valence-corrected chi connectivity index (χ1v) is 6.86. The second-order valence-corrected chi connectivity index (χ2v) is 5.39. The lowest BCUT2D eigenvalue weighted by molar-refractivity contribution is 1.08. The molecule has 3 rings (SSSR count). The number of pyridine rings is 1. The third kappa shape index (κ3) is 2.35. The molecule has 0 radical (unpaired) electrons. The minimum atomic E-state index is 0.738. The number of halogens is 1. The van der Waals surface area contributed by atoms with Crippen molar-refractivity contribution in [1.29, 1.82) is 0 Å². The molecule has 100 valence electrons. The molecule has 0 saturated heterocycles. The zero-order valence-electron chi connectivity index (χ0n) is 11.5. The van der Waals surface area contributed by atoms with Crippen LogP contribution in [0.4, 0.5) is 5.82 Å². The van der Waals surface area contributed by atoms with Crippen LogP contribution < -0.4 is 4.90 Å². The monoisotopic (exact) mass is 282 g/mol. The lowest BCUT2D eigenvalue weighted by atomic mass is 10.1. The van der Waals surface area contributed by atoms with E-state index in [-0.39, 0.29) is 0 Å². The summed E-state index contributed by atoms with van der Waals surface area (Å²) in [6.45, 7) is 0. The van der Waals surface area contributed by atoms with Gasteiger partial charge in [0.2, 0.25) is 0 Å². The third-order valence-corrected chi connectivity index (χ3v) is 3.54. The van der Waals surface area contributed by atoms with Gasteiger partial charge in [-0.3, -0.25) is 0 Å². The number of hydrogen-bond donors (Lipinski definition) is 0. The molecule has 0 bridgehead atoms. The van der Waals surface area contributed by atoms with Gasteiger partial charge in [-0.05, 0) is 23.6 Å². The van der Waals surface area contributed by atoms with Gasteiger partial charge in [-0.25, -0.2) is 4.98 Å². The zero-order chi connectivity index (χ0) is 14.1. The molecule has 1 aromatic heterocycles. The van der Waals surface area contributed by atoms with Gasteiger partial charge < -0.3 is 4.90 Å². The average Bonchev–Trinajstić information content (AvgIpc) is 2.46. The molecule has 2 nitrogen and oxygen atoms in total. The first-order valence-electron chi connectivity index (χ1n) is 6.48. The molecule has 1 heterocycles. The smallest absolute Gasteiger partial charge is 0.136 e. The number of aromatic nitrogens is 1. The van der Waals surface area contributed by atoms with Crippen molar-refractivity contribution in [2.45, 2.75) is 0 Å². The number of nitrogens with zero attached hydrogens (tertiary/aromatic N) is 2. The van der Waals surface area contributed by atoms with Crippen LogP contribution in [0.1, 0.15) is 0 Å². The van der Waals surface area contributed by atoms with Gasteiger partial charge in [0.1, 0.15) is 5.82 Å². The van der Waals surface area contributed by atoms with Gasteiger partial charge in [-0.2, -0.15) is 0 Å². The number of benzene rings is 2. The fourth-order valence-corrected chi connectivity index (χ4v) is 2.42. The molecule has 0 N–H and O–H groups in total. The van der Waals surface area contributed by atoms with Gasteiger partial charge in [-0.15, -0.1) is 0 Å². The lowest BCUT2D eigenvalue weighted by Gasteiger charge is -2.16. The molecule has 20 heavy (non-hydrogen) atoms. The van der Waals surface area contributed by atoms with Gasteiger partial charge in [0, 0.05) is 30.1 Å². The van der Waals surface area contributed by atoms with Crippen LogP contribution in [-0.4, -0.2) is 19.1 Å². The van der Waals surface area contributed by atoms with Gasteiger partial charge >= 0.3 is 0 Å². The van der Waals surface area contributed by atoms with Crippen LogP contribution in [0, 0.1) is 0 Å². The fourth-order valence-electron chi connectivity index (χ4n) is 2.29. The van der Waals surface area contributed by atoms with Crippen molar-refractivity contribution < 1.29 is 0 Å². The second-order valence-electron chi connectivity index (χ2n) is 4.95. The maximum absolute atomic E-state index is 5.95. The number of rotatable bonds is 2. The van der Waals surface area contributed by atoms with Crippen LogP contribution in [0.15, 0.2) is 54.6 Å². The summed E-state index contributed by atoms with van der Waals surface area (Å²) in [7, 11) is 4.03. The van der Waals surface area contributed by atoms with Gasteiger partial charge in [0.25, 0.3) is 0 Å². The summed E-state index contributed by atoms with van der Waals surface area (Å²) in [4.78, 5) is 6.83. The summed E-state index contributed by atoms with van der Waals surface area (Å²) in [5.41, 5.74) is 2.03. The van der Waals surface area contributed by atoms with Crippen LogP contribution in [0.2, 0.25) is 5.02 Å². The Morgan fingerprint density at radius 2 is 1.65 bits per heavy atom. The van der Waals surface area contributed by atoms with E-state index >= 15 is 0 Å². The molecule has 0 aliphatic rings. The largest absolute Gasteiger partial charge is 0.362 e. The summed E-state index contributed by atoms with van der Waals surface area (Å²) < 4.78 is 0. The van der Waals surface area contributed by atoms with Crippen molar-refractivity contribution in [3.8, 4) is 11.3 Å². The van der Waals surface area contributed by atoms with Gasteiger partial charge in [0.15, 0.2) is 0 Å². The highest BCUT2D eigenvalue weighted by molar-refractivity contribution is 6.30. The van der Waals surface area contributed by atoms with Crippen molar-refractivity contribution >= 4 is 28.2 Å². The molecular formula is C17H15ClN2. The van der Waals surface area contributed by atoms with E-state index in [1.807, 2.05) is 55.4 Å². The summed E-state index contributed by atoms with van der Waals surface area (Å²) >= 11 is 5.95. The predicted octanol–water partition coefficient (Wildman–Crippen LogP) is 4.62. The number of anilines is 1. The summed E-state index contributed by atoms with van der Waals surface area (Å²) in [6.07, 6.45) is 0. The Hall–Kier alpha value is -2.06. The van der Waals surface area contributed by atoms with E-state index in [4.69, 9.17) is 16.6 Å². The van der Waals surface area contributed by atoms with Crippen molar-refractivity contribution in [2.24, 2.45) is 0 Å². The van der Waals surface area contributed by atoms with Crippen molar-refractivity contribution in [2.75, 3.05) is 19.0 Å². The van der Waals surface area contributed by atoms with E-state index in [1.54, 1.807) is 0 Å². The minimum absolute atomic E-state index is 0.738. The fraction of sp³-hybridized carbons (Fsp3) is 0.118. The van der Waals surface area contributed by atoms with E-state index in [0.29, 0.717) is 0 Å². The molecule has 0 unspecified atom stereocenters. The highest BCUT2D eigenvalue weighted by Gasteiger charge is 2.08. The molecular weight excluding hydrogens is 268 g/mol. The normalized spacial score (nSPS) is 10.8. The zero-order valence-corrected chi connectivity index (χ0v) is 12.2. The van der Waals surface area contributed by atoms with Crippen LogP contribution in [0.25, 0.3) is 22.0 Å². The van der Waals surface area contributed by atoms with Crippen LogP contribution in [0.5, 0.6) is 0 Å². The maximum Gasteiger partial charge on any atom is 0.136 e. The Morgan fingerprint density at radius 3 is 2.35 bits per heavy atom. The Morgan fingerprint density at radius 1 is 0.950 bits per heavy atom. The van der Waals surface area contributed by atoms with E-state index in [9.17, 15) is 0 Å². The standard InChI is InChI=1S/C17H15ClN2/c1-20(2)17-15-6-4-3-5-13(15)11-16(19-17)12-7-9-14(18)10-8-12/h3-11H,1-2H3. The van der Waals surface area contributed by atoms with Crippen molar-refractivity contribution in [3.63, 3.8) is 0 Å². The Balaban J connectivity index is 2.24. The van der Waals surface area contributed by atoms with E-state index in [2.05, 4.69) is 18.2 Å². The molecule has 0 fully saturated rings. The van der Waals surface area contributed by atoms with Crippen LogP contribution >= 0.6 is 11.6 Å². The molecule has 0 aliphatic heterocycles. The first kappa shape index (κ1) is 12.9. The highest BCUT2D eigenvalue weighted by atomic mass is 35.5. The lowest BCUT2D eigenvalue weighted by Crippen LogP contribution is -2.11. The quantitative estimate of drug-likeness (QED) is 0.682. The molecule has 0 saturated carbocycles. The topological polar surface area (TPSA) is 16.1 Å². The van der Waals surface area contributed by atoms with E-state index in [0.717, 1.165) is 27.5 Å². The SMILES string of the molecule is CN(C)c1nc(-c2ccc(Cl)cc2)cc2ccccc12. The molecule has 0 atom stereocenters. The van der Waals surface area contributed by atoms with Crippen molar-refractivity contribution in [3.05, 3.63) is 59.6 Å². The minimum Gasteiger partial charge on any atom is -0.362 e.